The van der Waals surface area contributed by atoms with Crippen molar-refractivity contribution in [1.29, 1.82) is 5.41 Å². The first-order valence-electron chi connectivity index (χ1n) is 7.74. The molecule has 0 aromatic rings. The van der Waals surface area contributed by atoms with E-state index in [9.17, 15) is 14.4 Å². The number of carbonyl (C=O) groups excluding carboxylic acids is 3. The fourth-order valence-corrected chi connectivity index (χ4v) is 2.02. The van der Waals surface area contributed by atoms with E-state index in [-0.39, 0.29) is 6.54 Å². The van der Waals surface area contributed by atoms with E-state index in [0.717, 1.165) is 5.75 Å². The Morgan fingerprint density at radius 3 is 2.12 bits per heavy atom. The number of nitrogens with one attached hydrogen (secondary N) is 4. The Kier molecular flexibility index (Phi) is 9.42. The Morgan fingerprint density at radius 2 is 1.62 bits per heavy atom. The van der Waals surface area contributed by atoms with Crippen molar-refractivity contribution in [2.45, 2.75) is 59.2 Å². The highest BCUT2D eigenvalue weighted by molar-refractivity contribution is 8.13. The van der Waals surface area contributed by atoms with Crippen LogP contribution in [0.3, 0.4) is 0 Å². The summed E-state index contributed by atoms with van der Waals surface area (Å²) in [6, 6.07) is -1.62. The molecular formula is C15H28N4O4S. The van der Waals surface area contributed by atoms with E-state index in [1.54, 1.807) is 20.8 Å². The topological polar surface area (TPSA) is 120 Å². The second-order valence-corrected chi connectivity index (χ2v) is 7.53. The minimum atomic E-state index is -0.843. The number of alkyl carbamates (subject to hydrolysis) is 1. The number of hydrogen-bond donors (Lipinski definition) is 4. The van der Waals surface area contributed by atoms with Gasteiger partial charge in [0.2, 0.25) is 11.8 Å². The van der Waals surface area contributed by atoms with Gasteiger partial charge in [-0.2, -0.15) is 0 Å². The molecule has 0 aromatic carbocycles. The lowest BCUT2D eigenvalue weighted by Crippen LogP contribution is -2.52. The van der Waals surface area contributed by atoms with Crippen LogP contribution in [0.2, 0.25) is 0 Å². The van der Waals surface area contributed by atoms with Crippen molar-refractivity contribution < 1.29 is 19.1 Å². The van der Waals surface area contributed by atoms with Crippen LogP contribution < -0.4 is 16.0 Å². The summed E-state index contributed by atoms with van der Waals surface area (Å²) in [5.74, 6) is -0.134. The van der Waals surface area contributed by atoms with Crippen molar-refractivity contribution in [3.63, 3.8) is 0 Å². The molecule has 4 N–H and O–H groups in total. The third-order valence-electron chi connectivity index (χ3n) is 2.62. The number of thioether (sulfide) groups is 1. The van der Waals surface area contributed by atoms with Gasteiger partial charge in [-0.1, -0.05) is 6.92 Å². The predicted molar refractivity (Wildman–Crippen MR) is 95.3 cm³/mol. The largest absolute Gasteiger partial charge is 0.444 e. The summed E-state index contributed by atoms with van der Waals surface area (Å²) in [6.07, 6.45) is -0.702. The standard InChI is InChI=1S/C15H28N4O4S/c1-7-24-11(16)8-17-12(20)9(2)18-13(21)10(3)19-14(22)23-15(4,5)6/h9-10,16H,7-8H2,1-6H3,(H,17,20)(H,18,21)(H,19,22). The van der Waals surface area contributed by atoms with Crippen LogP contribution in [0.5, 0.6) is 0 Å². The summed E-state index contributed by atoms with van der Waals surface area (Å²) in [5, 5.41) is 15.4. The smallest absolute Gasteiger partial charge is 0.408 e. The minimum Gasteiger partial charge on any atom is -0.444 e. The maximum atomic E-state index is 12.0. The summed E-state index contributed by atoms with van der Waals surface area (Å²) in [7, 11) is 0. The zero-order chi connectivity index (χ0) is 18.9. The van der Waals surface area contributed by atoms with Gasteiger partial charge in [0.15, 0.2) is 0 Å². The maximum absolute atomic E-state index is 12.0. The quantitative estimate of drug-likeness (QED) is 0.402. The summed E-state index contributed by atoms with van der Waals surface area (Å²) in [4.78, 5) is 35.5. The first-order chi connectivity index (χ1) is 11.0. The van der Waals surface area contributed by atoms with Gasteiger partial charge in [0.1, 0.15) is 17.7 Å². The van der Waals surface area contributed by atoms with Gasteiger partial charge < -0.3 is 20.7 Å². The predicted octanol–water partition coefficient (Wildman–Crippen LogP) is 1.25. The van der Waals surface area contributed by atoms with E-state index < -0.39 is 35.6 Å². The van der Waals surface area contributed by atoms with Crippen LogP contribution in [0, 0.1) is 5.41 Å². The van der Waals surface area contributed by atoms with Crippen LogP contribution in [0.15, 0.2) is 0 Å². The Labute approximate surface area is 147 Å². The minimum absolute atomic E-state index is 0.128. The Bertz CT molecular complexity index is 477. The molecule has 0 fully saturated rings. The molecular weight excluding hydrogens is 332 g/mol. The molecule has 3 amide bonds. The highest BCUT2D eigenvalue weighted by Gasteiger charge is 2.23. The molecule has 24 heavy (non-hydrogen) atoms. The summed E-state index contributed by atoms with van der Waals surface area (Å²) in [6.45, 7) is 10.2. The number of amides is 3. The molecule has 2 atom stereocenters. The monoisotopic (exact) mass is 360 g/mol. The number of carbonyl (C=O) groups is 3. The summed E-state index contributed by atoms with van der Waals surface area (Å²) < 4.78 is 5.06. The van der Waals surface area contributed by atoms with Gasteiger partial charge in [-0.3, -0.25) is 15.0 Å². The highest BCUT2D eigenvalue weighted by Crippen LogP contribution is 2.06. The fourth-order valence-electron chi connectivity index (χ4n) is 1.50. The van der Waals surface area contributed by atoms with Gasteiger partial charge in [0.25, 0.3) is 0 Å². The van der Waals surface area contributed by atoms with Gasteiger partial charge in [-0.15, -0.1) is 11.8 Å². The number of hydrogen-bond acceptors (Lipinski definition) is 6. The Hall–Kier alpha value is -1.77. The van der Waals surface area contributed by atoms with Gasteiger partial charge in [-0.05, 0) is 40.4 Å². The lowest BCUT2D eigenvalue weighted by molar-refractivity contribution is -0.129. The molecule has 0 radical (unpaired) electrons. The highest BCUT2D eigenvalue weighted by atomic mass is 32.2. The molecule has 0 bridgehead atoms. The summed E-state index contributed by atoms with van der Waals surface area (Å²) >= 11 is 1.33. The molecule has 0 aromatic heterocycles. The molecule has 0 aliphatic carbocycles. The lowest BCUT2D eigenvalue weighted by atomic mass is 10.2. The molecule has 0 aliphatic heterocycles. The van der Waals surface area contributed by atoms with Crippen molar-refractivity contribution in [2.75, 3.05) is 12.3 Å². The van der Waals surface area contributed by atoms with Crippen molar-refractivity contribution in [3.05, 3.63) is 0 Å². The van der Waals surface area contributed by atoms with Crippen LogP contribution >= 0.6 is 11.8 Å². The first-order valence-corrected chi connectivity index (χ1v) is 8.72. The average molecular weight is 360 g/mol. The zero-order valence-corrected chi connectivity index (χ0v) is 15.9. The van der Waals surface area contributed by atoms with Gasteiger partial charge in [0.05, 0.1) is 11.6 Å². The van der Waals surface area contributed by atoms with E-state index in [0.29, 0.717) is 5.04 Å². The molecule has 0 saturated carbocycles. The average Bonchev–Trinajstić information content (AvgIpc) is 2.42. The third-order valence-corrected chi connectivity index (χ3v) is 3.40. The number of rotatable bonds is 7. The molecule has 9 heteroatoms. The lowest BCUT2D eigenvalue weighted by Gasteiger charge is -2.22. The zero-order valence-electron chi connectivity index (χ0n) is 15.1. The molecule has 0 aliphatic rings. The molecule has 0 saturated heterocycles. The van der Waals surface area contributed by atoms with Crippen LogP contribution in [0.4, 0.5) is 4.79 Å². The first kappa shape index (κ1) is 22.2. The van der Waals surface area contributed by atoms with E-state index in [2.05, 4.69) is 16.0 Å². The molecule has 0 spiro atoms. The van der Waals surface area contributed by atoms with Crippen molar-refractivity contribution >= 4 is 34.7 Å². The van der Waals surface area contributed by atoms with E-state index in [4.69, 9.17) is 10.1 Å². The Balaban J connectivity index is 4.30. The maximum Gasteiger partial charge on any atom is 0.408 e. The van der Waals surface area contributed by atoms with Gasteiger partial charge in [0, 0.05) is 0 Å². The number of ether oxygens (including phenoxy) is 1. The van der Waals surface area contributed by atoms with E-state index >= 15 is 0 Å². The van der Waals surface area contributed by atoms with Crippen molar-refractivity contribution in [3.8, 4) is 0 Å². The molecule has 138 valence electrons. The second-order valence-electron chi connectivity index (χ2n) is 6.17. The van der Waals surface area contributed by atoms with Gasteiger partial charge in [-0.25, -0.2) is 4.79 Å². The molecule has 0 rings (SSSR count). The van der Waals surface area contributed by atoms with Crippen LogP contribution in [0.1, 0.15) is 41.5 Å². The molecule has 8 nitrogen and oxygen atoms in total. The SMILES string of the molecule is CCSC(=N)CNC(=O)C(C)NC(=O)C(C)NC(=O)OC(C)(C)C. The van der Waals surface area contributed by atoms with Crippen LogP contribution in [0.25, 0.3) is 0 Å². The van der Waals surface area contributed by atoms with Crippen molar-refractivity contribution in [2.24, 2.45) is 0 Å². The van der Waals surface area contributed by atoms with Gasteiger partial charge >= 0.3 is 6.09 Å². The Morgan fingerprint density at radius 1 is 1.08 bits per heavy atom. The van der Waals surface area contributed by atoms with Crippen LogP contribution in [-0.4, -0.2) is 52.9 Å². The van der Waals surface area contributed by atoms with E-state index in [1.165, 1.54) is 25.6 Å². The molecule has 2 unspecified atom stereocenters. The van der Waals surface area contributed by atoms with Crippen molar-refractivity contribution in [1.82, 2.24) is 16.0 Å². The second kappa shape index (κ2) is 10.2. The summed E-state index contributed by atoms with van der Waals surface area (Å²) in [5.41, 5.74) is -0.658. The normalized spacial score (nSPS) is 13.4. The fraction of sp³-hybridized carbons (Fsp3) is 0.733. The third kappa shape index (κ3) is 10.1. The molecule has 0 heterocycles. The van der Waals surface area contributed by atoms with Crippen LogP contribution in [-0.2, 0) is 14.3 Å². The van der Waals surface area contributed by atoms with E-state index in [1.807, 2.05) is 6.92 Å².